The minimum absolute atomic E-state index is 0.401. The predicted octanol–water partition coefficient (Wildman–Crippen LogP) is 2.02. The zero-order chi connectivity index (χ0) is 9.52. The largest absolute Gasteiger partial charge is 0.339 e. The van der Waals surface area contributed by atoms with E-state index in [9.17, 15) is 4.79 Å². The fourth-order valence-corrected chi connectivity index (χ4v) is 1.91. The molecule has 2 heteroatoms. The lowest BCUT2D eigenvalue weighted by Crippen LogP contribution is -2.04. The molecule has 68 valence electrons. The molecular weight excluding hydrogens is 175 g/mol. The van der Waals surface area contributed by atoms with Crippen LogP contribution in [0.25, 0.3) is 0 Å². The van der Waals surface area contributed by atoms with Crippen LogP contribution in [0, 0.1) is 0 Å². The maximum atomic E-state index is 11.1. The fourth-order valence-electron chi connectivity index (χ4n) is 1.31. The molecule has 0 aromatic heterocycles. The van der Waals surface area contributed by atoms with Gasteiger partial charge in [0.2, 0.25) is 0 Å². The lowest BCUT2D eigenvalue weighted by Gasteiger charge is -1.99. The van der Waals surface area contributed by atoms with Gasteiger partial charge in [0.15, 0.2) is 0 Å². The third-order valence-corrected chi connectivity index (χ3v) is 3.30. The Bertz CT molecular complexity index is 256. The number of hydrogen-bond acceptors (Lipinski definition) is 1. The Morgan fingerprint density at radius 3 is 2.62 bits per heavy atom. The molecule has 0 fully saturated rings. The second-order valence-corrected chi connectivity index (χ2v) is 4.73. The van der Waals surface area contributed by atoms with Gasteiger partial charge in [-0.15, -0.1) is 5.79 Å². The highest BCUT2D eigenvalue weighted by atomic mass is 27.1. The molecule has 0 saturated heterocycles. The van der Waals surface area contributed by atoms with Crippen molar-refractivity contribution < 1.29 is 4.79 Å². The van der Waals surface area contributed by atoms with Gasteiger partial charge in [0, 0.05) is 4.65 Å². The Kier molecular flexibility index (Phi) is 4.82. The van der Waals surface area contributed by atoms with Crippen LogP contribution in [0.15, 0.2) is 30.3 Å². The van der Waals surface area contributed by atoms with Crippen LogP contribution in [-0.2, 0) is 11.2 Å². The molecule has 0 aliphatic heterocycles. The molecule has 1 aromatic rings. The maximum Gasteiger partial charge on any atom is 0.339 e. The number of carbonyl (C=O) groups excluding carboxylic acids is 1. The topological polar surface area (TPSA) is 17.1 Å². The number of hydrogen-bond donors (Lipinski definition) is 0. The first-order chi connectivity index (χ1) is 6.33. The average molecular weight is 190 g/mol. The summed E-state index contributed by atoms with van der Waals surface area (Å²) >= 11 is -0.401. The SMILES string of the molecule is [CH3][AlH][C](=O)CCCc1ccccc1. The van der Waals surface area contributed by atoms with E-state index in [-0.39, 0.29) is 0 Å². The van der Waals surface area contributed by atoms with Crippen LogP contribution in [-0.4, -0.2) is 19.9 Å². The third-order valence-electron chi connectivity index (χ3n) is 2.16. The summed E-state index contributed by atoms with van der Waals surface area (Å²) in [7, 11) is 0. The van der Waals surface area contributed by atoms with Crippen LogP contribution in [0.2, 0.25) is 5.79 Å². The van der Waals surface area contributed by atoms with Crippen LogP contribution in [0.4, 0.5) is 0 Å². The fraction of sp³-hybridized carbons (Fsp3) is 0.364. The molecule has 0 radical (unpaired) electrons. The Morgan fingerprint density at radius 2 is 2.00 bits per heavy atom. The van der Waals surface area contributed by atoms with Gasteiger partial charge in [-0.25, -0.2) is 0 Å². The van der Waals surface area contributed by atoms with Crippen LogP contribution in [0.3, 0.4) is 0 Å². The summed E-state index contributed by atoms with van der Waals surface area (Å²) in [5.41, 5.74) is 1.34. The summed E-state index contributed by atoms with van der Waals surface area (Å²) < 4.78 is 0.510. The third kappa shape index (κ3) is 4.26. The van der Waals surface area contributed by atoms with E-state index < -0.39 is 15.2 Å². The smallest absolute Gasteiger partial charge is 0.321 e. The van der Waals surface area contributed by atoms with Crippen molar-refractivity contribution in [2.75, 3.05) is 0 Å². The maximum absolute atomic E-state index is 11.1. The van der Waals surface area contributed by atoms with Crippen molar-refractivity contribution in [2.45, 2.75) is 25.0 Å². The number of rotatable bonds is 5. The lowest BCUT2D eigenvalue weighted by atomic mass is 10.1. The molecule has 1 aromatic carbocycles. The van der Waals surface area contributed by atoms with Crippen molar-refractivity contribution in [1.82, 2.24) is 0 Å². The first-order valence-corrected chi connectivity index (χ1v) is 7.00. The first kappa shape index (κ1) is 10.5. The van der Waals surface area contributed by atoms with Gasteiger partial charge in [0.1, 0.15) is 0 Å². The predicted molar refractivity (Wildman–Crippen MR) is 57.4 cm³/mol. The van der Waals surface area contributed by atoms with Gasteiger partial charge in [-0.05, 0) is 24.8 Å². The summed E-state index contributed by atoms with van der Waals surface area (Å²) in [5.74, 6) is 2.06. The van der Waals surface area contributed by atoms with Crippen LogP contribution in [0.5, 0.6) is 0 Å². The lowest BCUT2D eigenvalue weighted by molar-refractivity contribution is -0.112. The molecule has 0 amide bonds. The Labute approximate surface area is 85.9 Å². The van der Waals surface area contributed by atoms with Crippen molar-refractivity contribution in [1.29, 1.82) is 0 Å². The molecule has 0 bridgehead atoms. The van der Waals surface area contributed by atoms with Gasteiger partial charge >= 0.3 is 15.2 Å². The van der Waals surface area contributed by atoms with Gasteiger partial charge in [0.05, 0.1) is 0 Å². The zero-order valence-corrected chi connectivity index (χ0v) is 9.54. The molecular formula is C11H15AlO. The van der Waals surface area contributed by atoms with E-state index in [1.165, 1.54) is 5.56 Å². The molecule has 1 nitrogen and oxygen atoms in total. The average Bonchev–Trinajstić information content (AvgIpc) is 2.19. The second-order valence-electron chi connectivity index (χ2n) is 3.23. The minimum Gasteiger partial charge on any atom is -0.321 e. The highest BCUT2D eigenvalue weighted by Gasteiger charge is 1.99. The van der Waals surface area contributed by atoms with E-state index in [2.05, 4.69) is 17.9 Å². The molecule has 0 N–H and O–H groups in total. The molecule has 0 saturated carbocycles. The van der Waals surface area contributed by atoms with E-state index in [4.69, 9.17) is 0 Å². The molecule has 0 unspecified atom stereocenters. The van der Waals surface area contributed by atoms with Gasteiger partial charge in [-0.3, -0.25) is 0 Å². The molecule has 0 heterocycles. The van der Waals surface area contributed by atoms with Crippen LogP contribution < -0.4 is 0 Å². The summed E-state index contributed by atoms with van der Waals surface area (Å²) in [6.45, 7) is 0. The highest BCUT2D eigenvalue weighted by molar-refractivity contribution is 6.72. The van der Waals surface area contributed by atoms with Crippen LogP contribution >= 0.6 is 0 Å². The summed E-state index contributed by atoms with van der Waals surface area (Å²) in [6.07, 6.45) is 2.85. The van der Waals surface area contributed by atoms with Crippen molar-refractivity contribution in [3.8, 4) is 0 Å². The van der Waals surface area contributed by atoms with Crippen molar-refractivity contribution in [3.05, 3.63) is 35.9 Å². The van der Waals surface area contributed by atoms with Crippen molar-refractivity contribution in [3.63, 3.8) is 0 Å². The monoisotopic (exact) mass is 190 g/mol. The molecule has 1 rings (SSSR count). The Balaban J connectivity index is 2.24. The van der Waals surface area contributed by atoms with E-state index in [1.54, 1.807) is 0 Å². The van der Waals surface area contributed by atoms with E-state index >= 15 is 0 Å². The van der Waals surface area contributed by atoms with Crippen LogP contribution in [0.1, 0.15) is 18.4 Å². The van der Waals surface area contributed by atoms with Crippen molar-refractivity contribution >= 4 is 19.9 Å². The number of carbonyl (C=O) groups is 1. The summed E-state index contributed by atoms with van der Waals surface area (Å²) in [5, 5.41) is 0. The number of benzene rings is 1. The van der Waals surface area contributed by atoms with Gasteiger partial charge in [-0.1, -0.05) is 30.3 Å². The Hall–Kier alpha value is -0.578. The van der Waals surface area contributed by atoms with E-state index in [1.807, 2.05) is 18.2 Å². The summed E-state index contributed by atoms with van der Waals surface area (Å²) in [4.78, 5) is 11.1. The molecule has 0 aliphatic carbocycles. The molecule has 0 atom stereocenters. The molecule has 0 aliphatic rings. The van der Waals surface area contributed by atoms with E-state index in [0.717, 1.165) is 19.3 Å². The standard InChI is InChI=1S/C10H11O.CH3.Al.H/c11-9-5-4-8-10-6-2-1-3-7-10;;;/h1-3,6-7H,4-5,8H2;1H3;;. The zero-order valence-electron chi connectivity index (χ0n) is 8.12. The minimum atomic E-state index is -0.401. The van der Waals surface area contributed by atoms with Gasteiger partial charge < -0.3 is 4.79 Å². The number of aryl methyl sites for hydroxylation is 1. The van der Waals surface area contributed by atoms with Crippen molar-refractivity contribution in [2.24, 2.45) is 0 Å². The molecule has 0 spiro atoms. The Morgan fingerprint density at radius 1 is 1.31 bits per heavy atom. The second kappa shape index (κ2) is 5.97. The quantitative estimate of drug-likeness (QED) is 0.649. The van der Waals surface area contributed by atoms with Gasteiger partial charge in [-0.2, -0.15) is 0 Å². The van der Waals surface area contributed by atoms with Gasteiger partial charge in [0.25, 0.3) is 0 Å². The van der Waals surface area contributed by atoms with E-state index in [0.29, 0.717) is 4.65 Å². The first-order valence-electron chi connectivity index (χ1n) is 4.88. The highest BCUT2D eigenvalue weighted by Crippen LogP contribution is 2.04. The molecule has 13 heavy (non-hydrogen) atoms. The normalized spacial score (nSPS) is 9.62. The summed E-state index contributed by atoms with van der Waals surface area (Å²) in [6, 6.07) is 10.4.